The first-order valence-electron chi connectivity index (χ1n) is 4.20. The second-order valence-electron chi connectivity index (χ2n) is 2.90. The Bertz CT molecular complexity index is 439. The Kier molecular flexibility index (Phi) is 2.02. The zero-order valence-electron chi connectivity index (χ0n) is 7.51. The molecule has 0 spiro atoms. The van der Waals surface area contributed by atoms with Crippen molar-refractivity contribution in [3.63, 3.8) is 0 Å². The maximum atomic E-state index is 5.74. The monoisotopic (exact) mass is 186 g/mol. The number of nitrogen functional groups attached to an aromatic ring is 2. The fourth-order valence-electron chi connectivity index (χ4n) is 1.27. The molecule has 2 aromatic heterocycles. The Labute approximate surface area is 81.6 Å². The van der Waals surface area contributed by atoms with Crippen molar-refractivity contribution >= 4 is 11.6 Å². The number of pyridine rings is 2. The highest BCUT2D eigenvalue weighted by molar-refractivity contribution is 5.74. The summed E-state index contributed by atoms with van der Waals surface area (Å²) in [4.78, 5) is 7.92. The van der Waals surface area contributed by atoms with E-state index in [0.29, 0.717) is 11.6 Å². The van der Waals surface area contributed by atoms with E-state index in [-0.39, 0.29) is 0 Å². The van der Waals surface area contributed by atoms with Gasteiger partial charge < -0.3 is 11.5 Å². The zero-order valence-corrected chi connectivity index (χ0v) is 7.51. The number of aromatic nitrogens is 2. The summed E-state index contributed by atoms with van der Waals surface area (Å²) in [6.45, 7) is 0. The second-order valence-corrected chi connectivity index (χ2v) is 2.90. The van der Waals surface area contributed by atoms with Gasteiger partial charge in [-0.15, -0.1) is 0 Å². The molecule has 0 amide bonds. The van der Waals surface area contributed by atoms with Gasteiger partial charge in [0.05, 0.1) is 0 Å². The van der Waals surface area contributed by atoms with Crippen molar-refractivity contribution in [2.75, 3.05) is 11.5 Å². The summed E-state index contributed by atoms with van der Waals surface area (Å²) in [7, 11) is 0. The van der Waals surface area contributed by atoms with Gasteiger partial charge in [-0.1, -0.05) is 0 Å². The summed E-state index contributed by atoms with van der Waals surface area (Å²) in [6.07, 6.45) is 3.43. The van der Waals surface area contributed by atoms with E-state index < -0.39 is 0 Å². The van der Waals surface area contributed by atoms with Crippen molar-refractivity contribution in [2.24, 2.45) is 0 Å². The first-order chi connectivity index (χ1) is 6.77. The Morgan fingerprint density at radius 1 is 0.929 bits per heavy atom. The van der Waals surface area contributed by atoms with Crippen LogP contribution in [0.5, 0.6) is 0 Å². The zero-order chi connectivity index (χ0) is 9.97. The molecule has 4 heteroatoms. The number of anilines is 2. The Morgan fingerprint density at radius 2 is 1.64 bits per heavy atom. The highest BCUT2D eigenvalue weighted by atomic mass is 14.9. The van der Waals surface area contributed by atoms with Crippen LogP contribution in [0.2, 0.25) is 0 Å². The molecule has 0 radical (unpaired) electrons. The van der Waals surface area contributed by atoms with Crippen LogP contribution in [-0.2, 0) is 0 Å². The van der Waals surface area contributed by atoms with E-state index in [0.717, 1.165) is 11.1 Å². The van der Waals surface area contributed by atoms with Crippen molar-refractivity contribution in [2.45, 2.75) is 0 Å². The largest absolute Gasteiger partial charge is 0.384 e. The summed E-state index contributed by atoms with van der Waals surface area (Å²) in [5, 5.41) is 0. The molecule has 4 N–H and O–H groups in total. The molecule has 0 aromatic carbocycles. The first kappa shape index (κ1) is 8.50. The van der Waals surface area contributed by atoms with E-state index in [1.165, 1.54) is 0 Å². The number of nitrogens with zero attached hydrogens (tertiary/aromatic N) is 2. The molecular formula is C10H10N4. The highest BCUT2D eigenvalue weighted by Crippen LogP contribution is 2.23. The molecule has 0 aliphatic carbocycles. The third-order valence-corrected chi connectivity index (χ3v) is 1.94. The Hall–Kier alpha value is -2.10. The number of rotatable bonds is 1. The minimum atomic E-state index is 0.431. The Balaban J connectivity index is 2.53. The van der Waals surface area contributed by atoms with Crippen molar-refractivity contribution in [3.05, 3.63) is 36.7 Å². The standard InChI is InChI=1S/C10H10N4/c11-9-2-1-8(10(12)14-9)7-3-5-13-6-4-7/h1-6H,(H4,11,12,14). The third-order valence-electron chi connectivity index (χ3n) is 1.94. The molecular weight excluding hydrogens is 176 g/mol. The number of hydrogen-bond donors (Lipinski definition) is 2. The van der Waals surface area contributed by atoms with Gasteiger partial charge >= 0.3 is 0 Å². The molecule has 0 bridgehead atoms. The van der Waals surface area contributed by atoms with Gasteiger partial charge in [-0.25, -0.2) is 4.98 Å². The van der Waals surface area contributed by atoms with Gasteiger partial charge in [0, 0.05) is 18.0 Å². The molecule has 0 aliphatic rings. The molecule has 0 aliphatic heterocycles. The third kappa shape index (κ3) is 1.50. The second kappa shape index (κ2) is 3.33. The average Bonchev–Trinajstić information content (AvgIpc) is 2.19. The van der Waals surface area contributed by atoms with Crippen molar-refractivity contribution in [1.82, 2.24) is 9.97 Å². The smallest absolute Gasteiger partial charge is 0.133 e. The molecule has 2 heterocycles. The fraction of sp³-hybridized carbons (Fsp3) is 0. The quantitative estimate of drug-likeness (QED) is 0.703. The van der Waals surface area contributed by atoms with E-state index in [2.05, 4.69) is 9.97 Å². The summed E-state index contributed by atoms with van der Waals surface area (Å²) >= 11 is 0. The van der Waals surface area contributed by atoms with Crippen LogP contribution >= 0.6 is 0 Å². The van der Waals surface area contributed by atoms with Gasteiger partial charge in [0.1, 0.15) is 11.6 Å². The minimum absolute atomic E-state index is 0.431. The van der Waals surface area contributed by atoms with Gasteiger partial charge in [-0.3, -0.25) is 4.98 Å². The minimum Gasteiger partial charge on any atom is -0.384 e. The Morgan fingerprint density at radius 3 is 2.29 bits per heavy atom. The molecule has 0 saturated heterocycles. The maximum absolute atomic E-state index is 5.74. The lowest BCUT2D eigenvalue weighted by molar-refractivity contribution is 1.31. The first-order valence-corrected chi connectivity index (χ1v) is 4.20. The molecule has 4 nitrogen and oxygen atoms in total. The van der Waals surface area contributed by atoms with Gasteiger partial charge in [0.15, 0.2) is 0 Å². The van der Waals surface area contributed by atoms with Crippen LogP contribution in [0.15, 0.2) is 36.7 Å². The normalized spacial score (nSPS) is 10.0. The molecule has 70 valence electrons. The van der Waals surface area contributed by atoms with E-state index >= 15 is 0 Å². The number of hydrogen-bond acceptors (Lipinski definition) is 4. The van der Waals surface area contributed by atoms with Crippen LogP contribution in [-0.4, -0.2) is 9.97 Å². The SMILES string of the molecule is Nc1ccc(-c2ccncc2)c(N)n1. The predicted octanol–water partition coefficient (Wildman–Crippen LogP) is 1.31. The van der Waals surface area contributed by atoms with Crippen LogP contribution in [0.1, 0.15) is 0 Å². The molecule has 0 unspecified atom stereocenters. The van der Waals surface area contributed by atoms with Crippen LogP contribution < -0.4 is 11.5 Å². The van der Waals surface area contributed by atoms with Gasteiger partial charge in [-0.2, -0.15) is 0 Å². The fourth-order valence-corrected chi connectivity index (χ4v) is 1.27. The topological polar surface area (TPSA) is 77.8 Å². The summed E-state index contributed by atoms with van der Waals surface area (Å²) in [5.74, 6) is 0.872. The van der Waals surface area contributed by atoms with Gasteiger partial charge in [0.2, 0.25) is 0 Å². The van der Waals surface area contributed by atoms with Crippen LogP contribution in [0, 0.1) is 0 Å². The predicted molar refractivity (Wildman–Crippen MR) is 56.3 cm³/mol. The van der Waals surface area contributed by atoms with Gasteiger partial charge in [-0.05, 0) is 29.8 Å². The van der Waals surface area contributed by atoms with E-state index in [4.69, 9.17) is 11.5 Å². The van der Waals surface area contributed by atoms with Crippen molar-refractivity contribution in [1.29, 1.82) is 0 Å². The van der Waals surface area contributed by atoms with Gasteiger partial charge in [0.25, 0.3) is 0 Å². The summed E-state index contributed by atoms with van der Waals surface area (Å²) in [5.41, 5.74) is 13.1. The lowest BCUT2D eigenvalue weighted by atomic mass is 10.1. The van der Waals surface area contributed by atoms with E-state index in [9.17, 15) is 0 Å². The van der Waals surface area contributed by atoms with E-state index in [1.54, 1.807) is 18.5 Å². The van der Waals surface area contributed by atoms with Crippen molar-refractivity contribution in [3.8, 4) is 11.1 Å². The number of nitrogens with two attached hydrogens (primary N) is 2. The molecule has 2 rings (SSSR count). The van der Waals surface area contributed by atoms with Crippen LogP contribution in [0.3, 0.4) is 0 Å². The summed E-state index contributed by atoms with van der Waals surface area (Å²) < 4.78 is 0. The molecule has 14 heavy (non-hydrogen) atoms. The van der Waals surface area contributed by atoms with Crippen LogP contribution in [0.25, 0.3) is 11.1 Å². The van der Waals surface area contributed by atoms with E-state index in [1.807, 2.05) is 18.2 Å². The lowest BCUT2D eigenvalue weighted by Crippen LogP contribution is -1.97. The lowest BCUT2D eigenvalue weighted by Gasteiger charge is -2.04. The maximum Gasteiger partial charge on any atom is 0.133 e. The van der Waals surface area contributed by atoms with Crippen molar-refractivity contribution < 1.29 is 0 Å². The molecule has 0 saturated carbocycles. The highest BCUT2D eigenvalue weighted by Gasteiger charge is 2.02. The average molecular weight is 186 g/mol. The van der Waals surface area contributed by atoms with Crippen LogP contribution in [0.4, 0.5) is 11.6 Å². The summed E-state index contributed by atoms with van der Waals surface area (Å²) in [6, 6.07) is 7.34. The molecule has 2 aromatic rings. The molecule has 0 atom stereocenters. The molecule has 0 fully saturated rings.